The lowest BCUT2D eigenvalue weighted by molar-refractivity contribution is -0.277. The summed E-state index contributed by atoms with van der Waals surface area (Å²) in [7, 11) is 11.6. The molecule has 170 valence electrons. The first-order valence-electron chi connectivity index (χ1n) is 9.32. The Balaban J connectivity index is 2.21. The van der Waals surface area contributed by atoms with Crippen molar-refractivity contribution in [2.45, 2.75) is 61.9 Å². The zero-order valence-electron chi connectivity index (χ0n) is 16.5. The zero-order valence-corrected chi connectivity index (χ0v) is 16.5. The summed E-state index contributed by atoms with van der Waals surface area (Å²) in [6, 6.07) is 0.498. The molecule has 0 aliphatic carbocycles. The van der Waals surface area contributed by atoms with Gasteiger partial charge < -0.3 is 20.0 Å². The first-order chi connectivity index (χ1) is 14.6. The Hall–Kier alpha value is -2.44. The van der Waals surface area contributed by atoms with Gasteiger partial charge in [-0.3, -0.25) is 0 Å². The Bertz CT molecular complexity index is 986. The van der Waals surface area contributed by atoms with Crippen LogP contribution in [0.15, 0.2) is 10.5 Å². The molecule has 15 heteroatoms. The highest BCUT2D eigenvalue weighted by atomic mass is 19.4. The van der Waals surface area contributed by atoms with Crippen LogP contribution in [0.2, 0.25) is 11.6 Å². The number of nitrogen functional groups attached to an aromatic ring is 1. The smallest absolute Gasteiger partial charge is 0.426 e. The Labute approximate surface area is 180 Å². The van der Waals surface area contributed by atoms with Gasteiger partial charge in [0.25, 0.3) is 11.8 Å². The predicted octanol–water partition coefficient (Wildman–Crippen LogP) is 3.35. The molecule has 0 saturated carbocycles. The molecule has 4 radical (unpaired) electrons. The van der Waals surface area contributed by atoms with E-state index in [1.54, 1.807) is 0 Å². The summed E-state index contributed by atoms with van der Waals surface area (Å²) in [5.74, 6) is -5.34. The van der Waals surface area contributed by atoms with Crippen LogP contribution in [0.3, 0.4) is 0 Å². The number of aromatic nitrogens is 3. The molecule has 7 nitrogen and oxygen atoms in total. The van der Waals surface area contributed by atoms with Crippen molar-refractivity contribution in [3.05, 3.63) is 17.5 Å². The van der Waals surface area contributed by atoms with Gasteiger partial charge in [-0.05, 0) is 25.8 Å². The number of ether oxygens (including phenoxy) is 1. The number of hydrogen-bond donors (Lipinski definition) is 2. The van der Waals surface area contributed by atoms with Gasteiger partial charge in [0.15, 0.2) is 5.69 Å². The van der Waals surface area contributed by atoms with E-state index in [1.807, 2.05) is 0 Å². The maximum absolute atomic E-state index is 13.8. The first kappa shape index (κ1) is 24.2. The van der Waals surface area contributed by atoms with Crippen molar-refractivity contribution < 1.29 is 40.6 Å². The van der Waals surface area contributed by atoms with Crippen molar-refractivity contribution in [3.63, 3.8) is 0 Å². The monoisotopic (exact) mass is 460 g/mol. The molecular formula is C17H16B2F6N4O3. The van der Waals surface area contributed by atoms with Crippen LogP contribution in [-0.4, -0.2) is 48.3 Å². The second-order valence-electron chi connectivity index (χ2n) is 7.58. The van der Waals surface area contributed by atoms with Crippen LogP contribution in [0.25, 0.3) is 11.6 Å². The molecule has 3 heterocycles. The van der Waals surface area contributed by atoms with Crippen molar-refractivity contribution in [3.8, 4) is 17.5 Å². The van der Waals surface area contributed by atoms with Gasteiger partial charge in [-0.1, -0.05) is 18.1 Å². The molecule has 1 aliphatic rings. The first-order valence-corrected chi connectivity index (χ1v) is 9.32. The van der Waals surface area contributed by atoms with Crippen molar-refractivity contribution in [1.82, 2.24) is 15.2 Å². The van der Waals surface area contributed by atoms with Crippen LogP contribution in [-0.2, 0) is 11.8 Å². The van der Waals surface area contributed by atoms with E-state index in [-0.39, 0.29) is 12.8 Å². The maximum atomic E-state index is 13.8. The van der Waals surface area contributed by atoms with Gasteiger partial charge in [-0.25, -0.2) is 4.98 Å². The molecule has 0 fully saturated rings. The third-order valence-electron chi connectivity index (χ3n) is 5.07. The lowest BCUT2D eigenvalue weighted by atomic mass is 9.61. The van der Waals surface area contributed by atoms with Crippen LogP contribution >= 0.6 is 0 Å². The van der Waals surface area contributed by atoms with E-state index in [0.29, 0.717) is 6.07 Å². The van der Waals surface area contributed by atoms with Crippen LogP contribution in [0, 0.1) is 0 Å². The summed E-state index contributed by atoms with van der Waals surface area (Å²) >= 11 is 0. The van der Waals surface area contributed by atoms with E-state index < -0.39 is 76.7 Å². The lowest BCUT2D eigenvalue weighted by Gasteiger charge is -2.32. The highest BCUT2D eigenvalue weighted by Crippen LogP contribution is 2.47. The number of hydrogen-bond acceptors (Lipinski definition) is 7. The van der Waals surface area contributed by atoms with E-state index in [2.05, 4.69) is 15.2 Å². The highest BCUT2D eigenvalue weighted by molar-refractivity contribution is 6.21. The van der Waals surface area contributed by atoms with E-state index in [0.717, 1.165) is 0 Å². The van der Waals surface area contributed by atoms with Gasteiger partial charge in [0.05, 0.1) is 27.5 Å². The minimum atomic E-state index is -5.29. The minimum absolute atomic E-state index is 0.0193. The fraction of sp³-hybridized carbons (Fsp3) is 0.588. The number of pyridine rings is 1. The maximum Gasteiger partial charge on any atom is 0.426 e. The molecule has 3 N–H and O–H groups in total. The minimum Gasteiger partial charge on any atom is -0.474 e. The third-order valence-corrected chi connectivity index (χ3v) is 5.07. The molecule has 4 bridgehead atoms. The average molecular weight is 460 g/mol. The van der Waals surface area contributed by atoms with E-state index in [4.69, 9.17) is 30.6 Å². The molecule has 1 aliphatic heterocycles. The Morgan fingerprint density at radius 1 is 1.12 bits per heavy atom. The van der Waals surface area contributed by atoms with Crippen molar-refractivity contribution >= 4 is 21.4 Å². The van der Waals surface area contributed by atoms with Gasteiger partial charge in [0.1, 0.15) is 5.56 Å². The Morgan fingerprint density at radius 2 is 1.78 bits per heavy atom. The second-order valence-corrected chi connectivity index (χ2v) is 7.58. The summed E-state index contributed by atoms with van der Waals surface area (Å²) in [6.45, 7) is 1.43. The number of aliphatic hydroxyl groups is 1. The van der Waals surface area contributed by atoms with Crippen LogP contribution in [0.4, 0.5) is 32.0 Å². The molecule has 32 heavy (non-hydrogen) atoms. The highest BCUT2D eigenvalue weighted by Gasteiger charge is 2.59. The fourth-order valence-electron chi connectivity index (χ4n) is 3.17. The number of halogens is 6. The number of nitrogens with zero attached hydrogens (tertiary/aromatic N) is 3. The van der Waals surface area contributed by atoms with Gasteiger partial charge in [0.2, 0.25) is 11.5 Å². The third kappa shape index (κ3) is 4.52. The van der Waals surface area contributed by atoms with Crippen molar-refractivity contribution in [2.75, 3.05) is 5.73 Å². The zero-order chi connectivity index (χ0) is 24.1. The number of fused-ring (bicyclic) bond motifs is 5. The van der Waals surface area contributed by atoms with Gasteiger partial charge in [-0.15, -0.1) is 10.2 Å². The Kier molecular flexibility index (Phi) is 6.17. The molecule has 0 spiro atoms. The van der Waals surface area contributed by atoms with E-state index in [9.17, 15) is 31.4 Å². The molecule has 3 rings (SSSR count). The largest absolute Gasteiger partial charge is 0.474 e. The Morgan fingerprint density at radius 3 is 2.38 bits per heavy atom. The average Bonchev–Trinajstić information content (AvgIpc) is 3.15. The van der Waals surface area contributed by atoms with Gasteiger partial charge in [-0.2, -0.15) is 26.3 Å². The van der Waals surface area contributed by atoms with Gasteiger partial charge >= 0.3 is 12.4 Å². The van der Waals surface area contributed by atoms with Crippen molar-refractivity contribution in [1.29, 1.82) is 0 Å². The number of alkyl halides is 6. The molecule has 2 aromatic rings. The van der Waals surface area contributed by atoms with Crippen LogP contribution in [0.1, 0.15) is 37.6 Å². The standard InChI is InChI=1S/C17H16B2F6N4O3/c1-6-2-3-8(18)9(19)5-15(30,17(23,24)25)14-29-28-13(32-14)11-10(26)4-7(16(20,21)22)12(27-11)31-6/h4,6,8-9,30H,2-3,5,26H2,1H3/t6-,8?,9?,15-/m1/s1. The lowest BCUT2D eigenvalue weighted by Crippen LogP contribution is -2.44. The molecule has 2 aromatic heterocycles. The summed E-state index contributed by atoms with van der Waals surface area (Å²) in [6.07, 6.45) is -12.1. The normalized spacial score (nSPS) is 27.4. The van der Waals surface area contributed by atoms with Crippen LogP contribution in [0.5, 0.6) is 5.88 Å². The number of nitrogens with two attached hydrogens (primary N) is 1. The summed E-state index contributed by atoms with van der Waals surface area (Å²) < 4.78 is 91.9. The second kappa shape index (κ2) is 8.16. The number of rotatable bonds is 0. The molecule has 0 saturated heterocycles. The van der Waals surface area contributed by atoms with Gasteiger partial charge in [0, 0.05) is 0 Å². The molecular weight excluding hydrogens is 444 g/mol. The van der Waals surface area contributed by atoms with Crippen LogP contribution < -0.4 is 10.5 Å². The quantitative estimate of drug-likeness (QED) is 0.459. The number of anilines is 1. The SMILES string of the molecule is [B]C1CC[C@@H](C)Oc2nc(c(N)cc2C(F)(F)F)-c2nnc(o2)[C@@](O)(C(F)(F)F)CC1[B]. The predicted molar refractivity (Wildman–Crippen MR) is 99.8 cm³/mol. The molecule has 2 unspecified atom stereocenters. The summed E-state index contributed by atoms with van der Waals surface area (Å²) in [5.41, 5.74) is -0.476. The van der Waals surface area contributed by atoms with E-state index >= 15 is 0 Å². The van der Waals surface area contributed by atoms with E-state index in [1.165, 1.54) is 6.92 Å². The van der Waals surface area contributed by atoms with Crippen molar-refractivity contribution in [2.24, 2.45) is 0 Å². The molecule has 0 aromatic carbocycles. The summed E-state index contributed by atoms with van der Waals surface area (Å²) in [4.78, 5) is 3.68. The summed E-state index contributed by atoms with van der Waals surface area (Å²) in [5, 5.41) is 17.0. The topological polar surface area (TPSA) is 107 Å². The molecule has 4 atom stereocenters. The molecule has 0 amide bonds. The fourth-order valence-corrected chi connectivity index (χ4v) is 3.17.